The highest BCUT2D eigenvalue weighted by molar-refractivity contribution is 5.66. The molecule has 0 bridgehead atoms. The Hall–Kier alpha value is -5.59. The van der Waals surface area contributed by atoms with Crippen LogP contribution in [0.15, 0.2) is 72.4 Å². The maximum absolute atomic E-state index is 14.6. The first-order chi connectivity index (χ1) is 22.2. The molecular formula is C28H24F7N9O3. The Bertz CT molecular complexity index is 1850. The van der Waals surface area contributed by atoms with Gasteiger partial charge in [-0.15, -0.1) is 0 Å². The number of nitrogens with zero attached hydrogens (tertiary/aromatic N) is 7. The molecule has 0 aliphatic heterocycles. The molecule has 5 rings (SSSR count). The molecule has 3 aromatic heterocycles. The van der Waals surface area contributed by atoms with Crippen LogP contribution in [0.1, 0.15) is 17.0 Å². The van der Waals surface area contributed by atoms with Gasteiger partial charge in [0.05, 0.1) is 19.3 Å². The number of H-pyrrole nitrogens is 1. The zero-order chi connectivity index (χ0) is 34.2. The van der Waals surface area contributed by atoms with Crippen LogP contribution in [0.5, 0.6) is 5.75 Å². The van der Waals surface area contributed by atoms with E-state index >= 15 is 0 Å². The lowest BCUT2D eigenvalue weighted by Gasteiger charge is -2.28. The van der Waals surface area contributed by atoms with Crippen LogP contribution in [-0.4, -0.2) is 63.6 Å². The minimum atomic E-state index is -4.26. The van der Waals surface area contributed by atoms with E-state index in [0.717, 1.165) is 18.3 Å². The standard InChI is InChI=1S/C24H20F6N6O2.C4H4FN3O/c25-17-4-7-19(20(26)9-17)23(37,10-35-14-31-13-33-35)11-36-15-32-21(34-36)8-3-16-1-5-18(6-2-16)38-12-24(29,30)22(27)28;5-2-1-7-4(9)8-3(2)6/h1-9,13-15,22,37H,10-12H2;1H,(H3,6,7,8,9)/b8-3-;/t23-;/m1./s1. The van der Waals surface area contributed by atoms with Gasteiger partial charge in [0.25, 0.3) is 0 Å². The molecular weight excluding hydrogens is 643 g/mol. The quantitative estimate of drug-likeness (QED) is 0.179. The summed E-state index contributed by atoms with van der Waals surface area (Å²) in [5, 5.41) is 19.6. The average Bonchev–Trinajstić information content (AvgIpc) is 3.69. The maximum atomic E-state index is 14.6. The summed E-state index contributed by atoms with van der Waals surface area (Å²) in [6.45, 7) is -1.92. The number of nitrogens with one attached hydrogen (secondary N) is 1. The lowest BCUT2D eigenvalue weighted by atomic mass is 9.93. The van der Waals surface area contributed by atoms with E-state index in [-0.39, 0.29) is 36.0 Å². The van der Waals surface area contributed by atoms with Crippen LogP contribution in [-0.2, 0) is 18.7 Å². The molecule has 248 valence electrons. The molecule has 0 aliphatic rings. The van der Waals surface area contributed by atoms with Gasteiger partial charge in [0.15, 0.2) is 18.2 Å². The zero-order valence-electron chi connectivity index (χ0n) is 23.8. The second kappa shape index (κ2) is 14.7. The molecule has 1 atom stereocenters. The van der Waals surface area contributed by atoms with Crippen LogP contribution >= 0.6 is 0 Å². The van der Waals surface area contributed by atoms with Crippen LogP contribution in [0.4, 0.5) is 36.6 Å². The lowest BCUT2D eigenvalue weighted by molar-refractivity contribution is -0.148. The minimum Gasteiger partial charge on any atom is -0.487 e. The third-order valence-electron chi connectivity index (χ3n) is 6.15. The van der Waals surface area contributed by atoms with E-state index in [2.05, 4.69) is 25.1 Å². The number of halogens is 7. The first-order valence-corrected chi connectivity index (χ1v) is 13.2. The van der Waals surface area contributed by atoms with E-state index < -0.39 is 47.7 Å². The summed E-state index contributed by atoms with van der Waals surface area (Å²) < 4.78 is 97.9. The predicted octanol–water partition coefficient (Wildman–Crippen LogP) is 3.68. The fraction of sp³-hybridized carbons (Fsp3) is 0.214. The van der Waals surface area contributed by atoms with Gasteiger partial charge in [-0.3, -0.25) is 4.98 Å². The molecule has 0 amide bonds. The maximum Gasteiger partial charge on any atom is 0.346 e. The summed E-state index contributed by atoms with van der Waals surface area (Å²) in [5.74, 6) is -6.78. The van der Waals surface area contributed by atoms with Crippen molar-refractivity contribution >= 4 is 18.0 Å². The van der Waals surface area contributed by atoms with Crippen molar-refractivity contribution in [2.45, 2.75) is 31.0 Å². The molecule has 0 fully saturated rings. The van der Waals surface area contributed by atoms with E-state index in [4.69, 9.17) is 10.5 Å². The molecule has 0 aliphatic carbocycles. The Morgan fingerprint density at radius 1 is 0.979 bits per heavy atom. The van der Waals surface area contributed by atoms with Gasteiger partial charge in [-0.2, -0.15) is 24.0 Å². The fourth-order valence-corrected chi connectivity index (χ4v) is 3.88. The van der Waals surface area contributed by atoms with Crippen LogP contribution in [0.25, 0.3) is 12.2 Å². The van der Waals surface area contributed by atoms with Crippen molar-refractivity contribution in [3.8, 4) is 5.75 Å². The Balaban J connectivity index is 0.000000479. The van der Waals surface area contributed by atoms with Crippen molar-refractivity contribution in [1.82, 2.24) is 39.5 Å². The second-order valence-corrected chi connectivity index (χ2v) is 9.75. The number of aliphatic hydroxyl groups is 1. The highest BCUT2D eigenvalue weighted by atomic mass is 19.3. The number of rotatable bonds is 11. The van der Waals surface area contributed by atoms with Crippen molar-refractivity contribution in [3.05, 3.63) is 113 Å². The number of ether oxygens (including phenoxy) is 1. The van der Waals surface area contributed by atoms with Crippen LogP contribution in [0.2, 0.25) is 0 Å². The molecule has 19 heteroatoms. The van der Waals surface area contributed by atoms with E-state index in [1.165, 1.54) is 58.7 Å². The number of hydrogen-bond donors (Lipinski definition) is 3. The normalized spacial score (nSPS) is 13.0. The molecule has 12 nitrogen and oxygen atoms in total. The topological polar surface area (TPSA) is 163 Å². The Kier molecular flexibility index (Phi) is 10.7. The first-order valence-electron chi connectivity index (χ1n) is 13.2. The molecule has 0 spiro atoms. The molecule has 0 saturated carbocycles. The summed E-state index contributed by atoms with van der Waals surface area (Å²) in [7, 11) is 0. The smallest absolute Gasteiger partial charge is 0.346 e. The number of benzene rings is 2. The Morgan fingerprint density at radius 2 is 1.70 bits per heavy atom. The van der Waals surface area contributed by atoms with E-state index in [0.29, 0.717) is 11.6 Å². The molecule has 0 radical (unpaired) electrons. The van der Waals surface area contributed by atoms with Gasteiger partial charge >= 0.3 is 18.0 Å². The molecule has 2 aromatic carbocycles. The summed E-state index contributed by atoms with van der Waals surface area (Å²) in [6, 6.07) is 8.54. The molecule has 47 heavy (non-hydrogen) atoms. The van der Waals surface area contributed by atoms with Gasteiger partial charge in [-0.25, -0.2) is 46.1 Å². The molecule has 0 unspecified atom stereocenters. The number of alkyl halides is 4. The lowest BCUT2D eigenvalue weighted by Crippen LogP contribution is -2.37. The zero-order valence-corrected chi connectivity index (χ0v) is 23.8. The van der Waals surface area contributed by atoms with Crippen molar-refractivity contribution < 1.29 is 40.6 Å². The SMILES string of the molecule is Nc1[nH]c(=O)ncc1F.O[C@](Cn1cncn1)(Cn1cnc(/C=C\c2ccc(OCC(F)(F)C(F)F)cc2)n1)c1ccc(F)cc1F. The van der Waals surface area contributed by atoms with Crippen LogP contribution < -0.4 is 16.2 Å². The molecule has 5 aromatic rings. The third kappa shape index (κ3) is 9.45. The highest BCUT2D eigenvalue weighted by Crippen LogP contribution is 2.28. The van der Waals surface area contributed by atoms with E-state index in [1.807, 2.05) is 4.98 Å². The monoisotopic (exact) mass is 667 g/mol. The van der Waals surface area contributed by atoms with Gasteiger partial charge in [-0.1, -0.05) is 24.3 Å². The third-order valence-corrected chi connectivity index (χ3v) is 6.15. The van der Waals surface area contributed by atoms with Crippen molar-refractivity contribution in [2.75, 3.05) is 12.3 Å². The highest BCUT2D eigenvalue weighted by Gasteiger charge is 2.41. The van der Waals surface area contributed by atoms with Crippen LogP contribution in [0.3, 0.4) is 0 Å². The van der Waals surface area contributed by atoms with Gasteiger partial charge in [0.1, 0.15) is 47.8 Å². The average molecular weight is 668 g/mol. The Labute approximate surface area is 260 Å². The number of aromatic amines is 1. The molecule has 3 heterocycles. The predicted molar refractivity (Wildman–Crippen MR) is 151 cm³/mol. The van der Waals surface area contributed by atoms with Gasteiger partial charge in [0.2, 0.25) is 0 Å². The van der Waals surface area contributed by atoms with Crippen LogP contribution in [0, 0.1) is 17.5 Å². The fourth-order valence-electron chi connectivity index (χ4n) is 3.88. The first kappa shape index (κ1) is 34.3. The number of hydrogen-bond acceptors (Lipinski definition) is 9. The van der Waals surface area contributed by atoms with Crippen molar-refractivity contribution in [1.29, 1.82) is 0 Å². The second-order valence-electron chi connectivity index (χ2n) is 9.75. The largest absolute Gasteiger partial charge is 0.487 e. The minimum absolute atomic E-state index is 0.00966. The summed E-state index contributed by atoms with van der Waals surface area (Å²) >= 11 is 0. The number of nitrogen functional groups attached to an aromatic ring is 1. The van der Waals surface area contributed by atoms with E-state index in [1.54, 1.807) is 6.08 Å². The number of aromatic nitrogens is 8. The molecule has 4 N–H and O–H groups in total. The summed E-state index contributed by atoms with van der Waals surface area (Å²) in [5.41, 5.74) is 2.85. The summed E-state index contributed by atoms with van der Waals surface area (Å²) in [4.78, 5) is 23.2. The number of nitrogens with two attached hydrogens (primary N) is 1. The van der Waals surface area contributed by atoms with Gasteiger partial charge < -0.3 is 15.6 Å². The van der Waals surface area contributed by atoms with E-state index in [9.17, 15) is 40.6 Å². The number of anilines is 1. The Morgan fingerprint density at radius 3 is 2.32 bits per heavy atom. The molecule has 0 saturated heterocycles. The van der Waals surface area contributed by atoms with Gasteiger partial charge in [-0.05, 0) is 29.8 Å². The van der Waals surface area contributed by atoms with Gasteiger partial charge in [0, 0.05) is 11.6 Å². The summed E-state index contributed by atoms with van der Waals surface area (Å²) in [6.07, 6.45) is 3.96. The van der Waals surface area contributed by atoms with Crippen molar-refractivity contribution in [2.24, 2.45) is 0 Å². The van der Waals surface area contributed by atoms with Crippen molar-refractivity contribution in [3.63, 3.8) is 0 Å².